The number of anilines is 1. The zero-order valence-electron chi connectivity index (χ0n) is 15.2. The molecular formula is C22H28N2O. The minimum absolute atomic E-state index is 0.00715. The highest BCUT2D eigenvalue weighted by Crippen LogP contribution is 2.40. The topological polar surface area (TPSA) is 15.7 Å². The standard InChI is InChI=1S/C22H28N2O/c1-2-24-17-14-22(25-21-11-7-6-10-20(21)24)12-15-23(16-13-22)18-19-8-4-3-5-9-19/h3-11H,2,12-18H2,1H3. The molecule has 2 heterocycles. The Kier molecular flexibility index (Phi) is 4.67. The molecule has 0 saturated carbocycles. The third-order valence-corrected chi connectivity index (χ3v) is 5.77. The van der Waals surface area contributed by atoms with Crippen molar-refractivity contribution in [2.24, 2.45) is 0 Å². The molecule has 2 aromatic carbocycles. The van der Waals surface area contributed by atoms with E-state index in [0.717, 1.165) is 57.7 Å². The average molecular weight is 336 g/mol. The predicted molar refractivity (Wildman–Crippen MR) is 103 cm³/mol. The molecule has 0 amide bonds. The molecule has 0 bridgehead atoms. The summed E-state index contributed by atoms with van der Waals surface area (Å²) in [5, 5.41) is 0. The molecule has 132 valence electrons. The van der Waals surface area contributed by atoms with Gasteiger partial charge in [0, 0.05) is 39.1 Å². The van der Waals surface area contributed by atoms with Gasteiger partial charge in [-0.15, -0.1) is 0 Å². The van der Waals surface area contributed by atoms with E-state index in [1.54, 1.807) is 0 Å². The van der Waals surface area contributed by atoms with Gasteiger partial charge in [-0.2, -0.15) is 0 Å². The lowest BCUT2D eigenvalue weighted by molar-refractivity contribution is -0.00223. The van der Waals surface area contributed by atoms with E-state index < -0.39 is 0 Å². The first kappa shape index (κ1) is 16.5. The lowest BCUT2D eigenvalue weighted by atomic mass is 9.87. The Balaban J connectivity index is 1.46. The summed E-state index contributed by atoms with van der Waals surface area (Å²) >= 11 is 0. The van der Waals surface area contributed by atoms with Crippen molar-refractivity contribution in [3.05, 3.63) is 60.2 Å². The summed E-state index contributed by atoms with van der Waals surface area (Å²) in [6.45, 7) is 7.64. The maximum absolute atomic E-state index is 6.65. The van der Waals surface area contributed by atoms with Gasteiger partial charge in [0.15, 0.2) is 0 Å². The van der Waals surface area contributed by atoms with Crippen molar-refractivity contribution in [2.45, 2.75) is 38.3 Å². The number of hydrogen-bond donors (Lipinski definition) is 0. The molecule has 0 aromatic heterocycles. The maximum Gasteiger partial charge on any atom is 0.143 e. The van der Waals surface area contributed by atoms with E-state index in [-0.39, 0.29) is 5.60 Å². The monoisotopic (exact) mass is 336 g/mol. The number of para-hydroxylation sites is 2. The minimum Gasteiger partial charge on any atom is -0.485 e. The van der Waals surface area contributed by atoms with Crippen LogP contribution in [0.3, 0.4) is 0 Å². The number of ether oxygens (including phenoxy) is 1. The van der Waals surface area contributed by atoms with Crippen molar-refractivity contribution < 1.29 is 4.74 Å². The molecule has 1 fully saturated rings. The first-order valence-corrected chi connectivity index (χ1v) is 9.57. The van der Waals surface area contributed by atoms with Crippen LogP contribution in [0.2, 0.25) is 0 Å². The summed E-state index contributed by atoms with van der Waals surface area (Å²) in [5.41, 5.74) is 2.67. The molecule has 1 saturated heterocycles. The highest BCUT2D eigenvalue weighted by Gasteiger charge is 2.39. The van der Waals surface area contributed by atoms with Crippen LogP contribution in [0, 0.1) is 0 Å². The van der Waals surface area contributed by atoms with Gasteiger partial charge in [-0.3, -0.25) is 4.90 Å². The zero-order chi connectivity index (χ0) is 17.1. The van der Waals surface area contributed by atoms with Gasteiger partial charge in [-0.1, -0.05) is 42.5 Å². The highest BCUT2D eigenvalue weighted by atomic mass is 16.5. The lowest BCUT2D eigenvalue weighted by Crippen LogP contribution is -2.48. The third-order valence-electron chi connectivity index (χ3n) is 5.77. The first-order valence-electron chi connectivity index (χ1n) is 9.57. The van der Waals surface area contributed by atoms with E-state index in [2.05, 4.69) is 71.3 Å². The van der Waals surface area contributed by atoms with Crippen molar-refractivity contribution in [2.75, 3.05) is 31.1 Å². The number of fused-ring (bicyclic) bond motifs is 1. The van der Waals surface area contributed by atoms with Crippen LogP contribution in [0.4, 0.5) is 5.69 Å². The molecule has 0 radical (unpaired) electrons. The zero-order valence-corrected chi connectivity index (χ0v) is 15.2. The molecule has 0 aliphatic carbocycles. The summed E-state index contributed by atoms with van der Waals surface area (Å²) in [7, 11) is 0. The van der Waals surface area contributed by atoms with E-state index >= 15 is 0 Å². The number of piperidine rings is 1. The average Bonchev–Trinajstić information content (AvgIpc) is 2.81. The number of rotatable bonds is 3. The Hall–Kier alpha value is -2.00. The number of benzene rings is 2. The van der Waals surface area contributed by atoms with Crippen LogP contribution in [0.5, 0.6) is 5.75 Å². The van der Waals surface area contributed by atoms with Crippen molar-refractivity contribution in [3.8, 4) is 5.75 Å². The molecule has 1 spiro atoms. The van der Waals surface area contributed by atoms with Crippen molar-refractivity contribution in [1.29, 1.82) is 0 Å². The highest BCUT2D eigenvalue weighted by molar-refractivity contribution is 5.59. The van der Waals surface area contributed by atoms with E-state index in [0.29, 0.717) is 0 Å². The molecular weight excluding hydrogens is 308 g/mol. The third kappa shape index (κ3) is 3.52. The Morgan fingerprint density at radius 3 is 2.32 bits per heavy atom. The molecule has 3 heteroatoms. The van der Waals surface area contributed by atoms with Crippen LogP contribution in [0.15, 0.2) is 54.6 Å². The Morgan fingerprint density at radius 1 is 0.880 bits per heavy atom. The summed E-state index contributed by atoms with van der Waals surface area (Å²) in [6.07, 6.45) is 3.35. The molecule has 2 aromatic rings. The maximum atomic E-state index is 6.65. The molecule has 0 N–H and O–H groups in total. The summed E-state index contributed by atoms with van der Waals surface area (Å²) < 4.78 is 6.65. The van der Waals surface area contributed by atoms with Gasteiger partial charge in [0.25, 0.3) is 0 Å². The van der Waals surface area contributed by atoms with Crippen molar-refractivity contribution in [3.63, 3.8) is 0 Å². The van der Waals surface area contributed by atoms with E-state index in [9.17, 15) is 0 Å². The molecule has 0 atom stereocenters. The lowest BCUT2D eigenvalue weighted by Gasteiger charge is -2.41. The SMILES string of the molecule is CCN1CCC2(CCN(Cc3ccccc3)CC2)Oc2ccccc21. The van der Waals surface area contributed by atoms with Gasteiger partial charge in [0.05, 0.1) is 5.69 Å². The van der Waals surface area contributed by atoms with Gasteiger partial charge in [-0.05, 0) is 37.5 Å². The first-order chi connectivity index (χ1) is 12.3. The van der Waals surface area contributed by atoms with E-state index in [1.807, 2.05) is 0 Å². The summed E-state index contributed by atoms with van der Waals surface area (Å²) in [6, 6.07) is 19.3. The Morgan fingerprint density at radius 2 is 1.56 bits per heavy atom. The second-order valence-corrected chi connectivity index (χ2v) is 7.34. The van der Waals surface area contributed by atoms with Gasteiger partial charge in [-0.25, -0.2) is 0 Å². The second-order valence-electron chi connectivity index (χ2n) is 7.34. The van der Waals surface area contributed by atoms with Crippen LogP contribution < -0.4 is 9.64 Å². The molecule has 2 aliphatic rings. The van der Waals surface area contributed by atoms with Crippen LogP contribution in [0.1, 0.15) is 31.7 Å². The van der Waals surface area contributed by atoms with Gasteiger partial charge in [0.1, 0.15) is 11.4 Å². The van der Waals surface area contributed by atoms with Crippen LogP contribution in [-0.4, -0.2) is 36.7 Å². The molecule has 2 aliphatic heterocycles. The summed E-state index contributed by atoms with van der Waals surface area (Å²) in [4.78, 5) is 5.03. The number of nitrogens with zero attached hydrogens (tertiary/aromatic N) is 2. The number of hydrogen-bond acceptors (Lipinski definition) is 3. The smallest absolute Gasteiger partial charge is 0.143 e. The van der Waals surface area contributed by atoms with Gasteiger partial charge < -0.3 is 9.64 Å². The number of likely N-dealkylation sites (tertiary alicyclic amines) is 1. The predicted octanol–water partition coefficient (Wildman–Crippen LogP) is 4.33. The van der Waals surface area contributed by atoms with E-state index in [1.165, 1.54) is 11.3 Å². The molecule has 0 unspecified atom stereocenters. The second kappa shape index (κ2) is 7.09. The van der Waals surface area contributed by atoms with Crippen LogP contribution in [0.25, 0.3) is 0 Å². The van der Waals surface area contributed by atoms with Crippen molar-refractivity contribution in [1.82, 2.24) is 4.90 Å². The fourth-order valence-corrected chi connectivity index (χ4v) is 4.19. The van der Waals surface area contributed by atoms with Gasteiger partial charge in [0.2, 0.25) is 0 Å². The fraction of sp³-hybridized carbons (Fsp3) is 0.455. The van der Waals surface area contributed by atoms with Gasteiger partial charge >= 0.3 is 0 Å². The van der Waals surface area contributed by atoms with Crippen LogP contribution >= 0.6 is 0 Å². The Bertz CT molecular complexity index is 692. The van der Waals surface area contributed by atoms with Crippen molar-refractivity contribution >= 4 is 5.69 Å². The molecule has 3 nitrogen and oxygen atoms in total. The Labute approximate surface area is 151 Å². The summed E-state index contributed by atoms with van der Waals surface area (Å²) in [5.74, 6) is 1.07. The normalized spacial score (nSPS) is 20.0. The molecule has 25 heavy (non-hydrogen) atoms. The minimum atomic E-state index is 0.00715. The van der Waals surface area contributed by atoms with Crippen LogP contribution in [-0.2, 0) is 6.54 Å². The van der Waals surface area contributed by atoms with E-state index in [4.69, 9.17) is 4.74 Å². The molecule has 4 rings (SSSR count). The fourth-order valence-electron chi connectivity index (χ4n) is 4.19. The largest absolute Gasteiger partial charge is 0.485 e. The quantitative estimate of drug-likeness (QED) is 0.830.